The lowest BCUT2D eigenvalue weighted by Crippen LogP contribution is -2.31. The average Bonchev–Trinajstić information content (AvgIpc) is 3.11. The van der Waals surface area contributed by atoms with Gasteiger partial charge in [-0.1, -0.05) is 30.3 Å². The third-order valence-electron chi connectivity index (χ3n) is 4.51. The number of para-hydroxylation sites is 1. The molecule has 2 aromatic carbocycles. The van der Waals surface area contributed by atoms with Crippen molar-refractivity contribution in [3.8, 4) is 22.4 Å². The first-order valence-electron chi connectivity index (χ1n) is 8.82. The molecule has 1 amide bonds. The van der Waals surface area contributed by atoms with E-state index >= 15 is 0 Å². The summed E-state index contributed by atoms with van der Waals surface area (Å²) in [5.74, 6) is -0.428. The number of pyridine rings is 1. The summed E-state index contributed by atoms with van der Waals surface area (Å²) in [7, 11) is 1.59. The van der Waals surface area contributed by atoms with Crippen molar-refractivity contribution in [2.45, 2.75) is 0 Å². The second-order valence-corrected chi connectivity index (χ2v) is 6.32. The molecule has 0 spiro atoms. The van der Waals surface area contributed by atoms with Crippen molar-refractivity contribution in [1.29, 1.82) is 0 Å². The third kappa shape index (κ3) is 3.45. The Kier molecular flexibility index (Phi) is 4.78. The molecule has 7 heteroatoms. The summed E-state index contributed by atoms with van der Waals surface area (Å²) in [6.07, 6.45) is 3.11. The molecule has 29 heavy (non-hydrogen) atoms. The molecule has 0 fully saturated rings. The molecule has 0 unspecified atom stereocenters. The second kappa shape index (κ2) is 7.55. The molecule has 0 saturated heterocycles. The van der Waals surface area contributed by atoms with Crippen molar-refractivity contribution in [1.82, 2.24) is 9.72 Å². The van der Waals surface area contributed by atoms with Crippen LogP contribution in [-0.2, 0) is 0 Å². The normalized spacial score (nSPS) is 10.7. The maximum absolute atomic E-state index is 13.4. The lowest BCUT2D eigenvalue weighted by atomic mass is 10.0. The maximum Gasteiger partial charge on any atom is 0.366 e. The summed E-state index contributed by atoms with van der Waals surface area (Å²) >= 11 is 0. The van der Waals surface area contributed by atoms with Crippen LogP contribution in [0.15, 0.2) is 88.4 Å². The molecule has 4 rings (SSSR count). The molecule has 0 saturated carbocycles. The van der Waals surface area contributed by atoms with E-state index in [4.69, 9.17) is 4.52 Å². The number of nitrogens with zero attached hydrogens (tertiary/aromatic N) is 3. The monoisotopic (exact) mass is 389 g/mol. The molecule has 0 aliphatic rings. The van der Waals surface area contributed by atoms with Crippen LogP contribution >= 0.6 is 0 Å². The van der Waals surface area contributed by atoms with Gasteiger partial charge in [-0.15, -0.1) is 4.74 Å². The van der Waals surface area contributed by atoms with Gasteiger partial charge in [0.05, 0.1) is 5.56 Å². The first kappa shape index (κ1) is 18.4. The van der Waals surface area contributed by atoms with Crippen molar-refractivity contribution in [2.75, 3.05) is 11.9 Å². The van der Waals surface area contributed by atoms with Crippen LogP contribution in [0.3, 0.4) is 0 Å². The molecule has 0 aliphatic carbocycles. The molecular weight excluding hydrogens is 373 g/mol. The van der Waals surface area contributed by atoms with Gasteiger partial charge in [-0.2, -0.15) is 0 Å². The van der Waals surface area contributed by atoms with Crippen LogP contribution in [0, 0.1) is 5.82 Å². The van der Waals surface area contributed by atoms with Gasteiger partial charge in [-0.3, -0.25) is 9.88 Å². The van der Waals surface area contributed by atoms with Gasteiger partial charge in [-0.25, -0.2) is 14.0 Å². The molecule has 0 N–H and O–H groups in total. The molecule has 0 radical (unpaired) electrons. The smallest absolute Gasteiger partial charge is 0.326 e. The maximum atomic E-state index is 13.4. The Hall–Kier alpha value is -4.00. The van der Waals surface area contributed by atoms with Crippen LogP contribution in [0.1, 0.15) is 0 Å². The SMILES string of the molecule is CN(C(=O)n1oc(=O)c(-c2ccc(F)cc2)c1-c1ccncc1)c1ccccc1. The number of hydrogen-bond acceptors (Lipinski definition) is 4. The van der Waals surface area contributed by atoms with E-state index in [1.54, 1.807) is 55.8 Å². The Morgan fingerprint density at radius 3 is 2.28 bits per heavy atom. The zero-order valence-corrected chi connectivity index (χ0v) is 15.4. The van der Waals surface area contributed by atoms with Crippen molar-refractivity contribution in [3.63, 3.8) is 0 Å². The fourth-order valence-electron chi connectivity index (χ4n) is 3.05. The van der Waals surface area contributed by atoms with E-state index in [-0.39, 0.29) is 11.3 Å². The van der Waals surface area contributed by atoms with E-state index in [0.717, 1.165) is 4.74 Å². The van der Waals surface area contributed by atoms with Crippen LogP contribution in [0.5, 0.6) is 0 Å². The van der Waals surface area contributed by atoms with Crippen molar-refractivity contribution < 1.29 is 13.7 Å². The summed E-state index contributed by atoms with van der Waals surface area (Å²) in [6, 6.07) is 17.2. The van der Waals surface area contributed by atoms with Crippen LogP contribution in [0.25, 0.3) is 22.4 Å². The van der Waals surface area contributed by atoms with E-state index in [2.05, 4.69) is 4.98 Å². The predicted molar refractivity (Wildman–Crippen MR) is 107 cm³/mol. The number of halogens is 1. The van der Waals surface area contributed by atoms with Crippen molar-refractivity contribution in [2.24, 2.45) is 0 Å². The minimum Gasteiger partial charge on any atom is -0.326 e. The van der Waals surface area contributed by atoms with Crippen molar-refractivity contribution >= 4 is 11.7 Å². The van der Waals surface area contributed by atoms with Gasteiger partial charge >= 0.3 is 11.7 Å². The highest BCUT2D eigenvalue weighted by molar-refractivity contribution is 5.97. The van der Waals surface area contributed by atoms with Crippen LogP contribution in [0.4, 0.5) is 14.9 Å². The molecule has 4 aromatic rings. The highest BCUT2D eigenvalue weighted by Crippen LogP contribution is 2.31. The van der Waals surface area contributed by atoms with E-state index < -0.39 is 17.5 Å². The van der Waals surface area contributed by atoms with E-state index in [9.17, 15) is 14.0 Å². The van der Waals surface area contributed by atoms with Gasteiger partial charge in [0.1, 0.15) is 11.5 Å². The fourth-order valence-corrected chi connectivity index (χ4v) is 3.05. The number of hydrogen-bond donors (Lipinski definition) is 0. The largest absolute Gasteiger partial charge is 0.366 e. The Bertz CT molecular complexity index is 1200. The quantitative estimate of drug-likeness (QED) is 0.520. The molecule has 144 valence electrons. The topological polar surface area (TPSA) is 68.3 Å². The molecule has 0 bridgehead atoms. The van der Waals surface area contributed by atoms with Gasteiger partial charge in [-0.05, 0) is 42.0 Å². The van der Waals surface area contributed by atoms with Gasteiger partial charge < -0.3 is 4.52 Å². The Labute approximate surface area is 165 Å². The molecule has 6 nitrogen and oxygen atoms in total. The molecular formula is C22H16FN3O3. The number of anilines is 1. The first-order chi connectivity index (χ1) is 14.1. The summed E-state index contributed by atoms with van der Waals surface area (Å²) in [5, 5.41) is 0. The van der Waals surface area contributed by atoms with Crippen LogP contribution in [0.2, 0.25) is 0 Å². The summed E-state index contributed by atoms with van der Waals surface area (Å²) in [6.45, 7) is 0. The minimum atomic E-state index is -0.696. The summed E-state index contributed by atoms with van der Waals surface area (Å²) < 4.78 is 19.7. The van der Waals surface area contributed by atoms with Crippen LogP contribution < -0.4 is 10.5 Å². The van der Waals surface area contributed by atoms with Gasteiger partial charge in [0.25, 0.3) is 0 Å². The highest BCUT2D eigenvalue weighted by atomic mass is 19.1. The molecule has 0 aliphatic heterocycles. The molecule has 2 aromatic heterocycles. The standard InChI is InChI=1S/C22H16FN3O3/c1-25(18-5-3-2-4-6-18)22(28)26-20(16-11-13-24-14-12-16)19(21(27)29-26)15-7-9-17(23)10-8-15/h2-14H,1H3. The zero-order valence-electron chi connectivity index (χ0n) is 15.4. The van der Waals surface area contributed by atoms with Gasteiger partial charge in [0.15, 0.2) is 0 Å². The summed E-state index contributed by atoms with van der Waals surface area (Å²) in [5.41, 5.74) is 1.40. The average molecular weight is 389 g/mol. The van der Waals surface area contributed by atoms with E-state index in [0.29, 0.717) is 16.8 Å². The number of rotatable bonds is 3. The van der Waals surface area contributed by atoms with Gasteiger partial charge in [0.2, 0.25) is 0 Å². The lowest BCUT2D eigenvalue weighted by molar-refractivity contribution is 0.215. The Morgan fingerprint density at radius 1 is 0.966 bits per heavy atom. The van der Waals surface area contributed by atoms with Crippen molar-refractivity contribution in [3.05, 3.63) is 95.4 Å². The minimum absolute atomic E-state index is 0.172. The number of amides is 1. The Balaban J connectivity index is 1.91. The predicted octanol–water partition coefficient (Wildman–Crippen LogP) is 4.41. The first-order valence-corrected chi connectivity index (χ1v) is 8.82. The third-order valence-corrected chi connectivity index (χ3v) is 4.51. The number of aromatic nitrogens is 2. The Morgan fingerprint density at radius 2 is 1.62 bits per heavy atom. The fraction of sp³-hybridized carbons (Fsp3) is 0.0455. The number of carbonyl (C=O) groups excluding carboxylic acids is 1. The summed E-state index contributed by atoms with van der Waals surface area (Å²) in [4.78, 5) is 31.2. The van der Waals surface area contributed by atoms with Gasteiger partial charge in [0, 0.05) is 30.7 Å². The number of carbonyl (C=O) groups is 1. The number of benzene rings is 2. The molecule has 2 heterocycles. The van der Waals surface area contributed by atoms with E-state index in [1.807, 2.05) is 6.07 Å². The van der Waals surface area contributed by atoms with Crippen LogP contribution in [-0.4, -0.2) is 22.8 Å². The lowest BCUT2D eigenvalue weighted by Gasteiger charge is -2.17. The second-order valence-electron chi connectivity index (χ2n) is 6.32. The van der Waals surface area contributed by atoms with E-state index in [1.165, 1.54) is 29.2 Å². The highest BCUT2D eigenvalue weighted by Gasteiger charge is 2.26. The molecule has 0 atom stereocenters. The zero-order chi connectivity index (χ0) is 20.4.